The van der Waals surface area contributed by atoms with Crippen LogP contribution in [0.2, 0.25) is 0 Å². The van der Waals surface area contributed by atoms with Crippen molar-refractivity contribution in [3.8, 4) is 0 Å². The first-order chi connectivity index (χ1) is 5.68. The third kappa shape index (κ3) is 5.47. The molecule has 0 bridgehead atoms. The molecule has 72 valence electrons. The predicted octanol–water partition coefficient (Wildman–Crippen LogP) is 2.12. The van der Waals surface area contributed by atoms with Crippen LogP contribution in [0.1, 0.15) is 5.56 Å². The molecule has 0 atom stereocenters. The summed E-state index contributed by atoms with van der Waals surface area (Å²) in [5.41, 5.74) is 6.51. The summed E-state index contributed by atoms with van der Waals surface area (Å²) in [6.07, 6.45) is 0. The molecule has 0 aliphatic heterocycles. The second-order valence-electron chi connectivity index (χ2n) is 2.28. The van der Waals surface area contributed by atoms with Crippen LogP contribution in [-0.2, 0) is 5.32 Å². The molecule has 1 aromatic rings. The number of amidine groups is 1. The Morgan fingerprint density at radius 2 is 2.23 bits per heavy atom. The van der Waals surface area contributed by atoms with Gasteiger partial charge in [0.1, 0.15) is 0 Å². The van der Waals surface area contributed by atoms with Crippen LogP contribution in [0, 0.1) is 5.41 Å². The Kier molecular flexibility index (Phi) is 6.68. The summed E-state index contributed by atoms with van der Waals surface area (Å²) >= 11 is 3.50. The van der Waals surface area contributed by atoms with Crippen LogP contribution < -0.4 is 5.73 Å². The zero-order chi connectivity index (χ0) is 8.97. The van der Waals surface area contributed by atoms with E-state index >= 15 is 0 Å². The van der Waals surface area contributed by atoms with Gasteiger partial charge < -0.3 is 0 Å². The third-order valence-corrected chi connectivity index (χ3v) is 3.43. The van der Waals surface area contributed by atoms with Crippen molar-refractivity contribution in [2.75, 3.05) is 0 Å². The zero-order valence-corrected chi connectivity index (χ0v) is 11.8. The summed E-state index contributed by atoms with van der Waals surface area (Å²) in [6.45, 7) is 0. The molecule has 0 saturated heterocycles. The van der Waals surface area contributed by atoms with E-state index in [1.807, 2.05) is 12.1 Å². The van der Waals surface area contributed by atoms with Crippen molar-refractivity contribution in [3.05, 3.63) is 34.3 Å². The summed E-state index contributed by atoms with van der Waals surface area (Å²) in [6, 6.07) is 8.10. The number of hydrogen-bond acceptors (Lipinski definition) is 1. The standard InChI is InChI=1S/C8H9BrN2Se.BrH/c9-7-3-1-2-6(4-7)5-12-8(10)11;/h1-4H,5H2,(H3,10,11);1H. The molecule has 0 aliphatic rings. The van der Waals surface area contributed by atoms with E-state index in [0.29, 0.717) is 4.73 Å². The van der Waals surface area contributed by atoms with Gasteiger partial charge in [-0.25, -0.2) is 0 Å². The van der Waals surface area contributed by atoms with E-state index in [0.717, 1.165) is 9.79 Å². The molecule has 0 spiro atoms. The van der Waals surface area contributed by atoms with Gasteiger partial charge >= 0.3 is 86.4 Å². The maximum atomic E-state index is 7.09. The van der Waals surface area contributed by atoms with Crippen LogP contribution in [0.25, 0.3) is 0 Å². The Morgan fingerprint density at radius 3 is 2.77 bits per heavy atom. The molecule has 0 radical (unpaired) electrons. The second kappa shape index (κ2) is 6.60. The van der Waals surface area contributed by atoms with Crippen molar-refractivity contribution in [3.63, 3.8) is 0 Å². The Balaban J connectivity index is 0.00000144. The van der Waals surface area contributed by atoms with E-state index in [2.05, 4.69) is 28.1 Å². The first-order valence-corrected chi connectivity index (χ1v) is 6.26. The summed E-state index contributed by atoms with van der Waals surface area (Å²) in [5, 5.41) is 8.00. The van der Waals surface area contributed by atoms with Gasteiger partial charge in [-0.05, 0) is 0 Å². The molecule has 0 heterocycles. The quantitative estimate of drug-likeness (QED) is 0.476. The van der Waals surface area contributed by atoms with Gasteiger partial charge in [0, 0.05) is 0 Å². The summed E-state index contributed by atoms with van der Waals surface area (Å²) in [4.78, 5) is 0. The average Bonchev–Trinajstić information content (AvgIpc) is 2.01. The average molecular weight is 373 g/mol. The SMILES string of the molecule is Br.N=C(N)[Se]Cc1cccc(Br)c1. The van der Waals surface area contributed by atoms with Crippen LogP contribution in [0.15, 0.2) is 28.7 Å². The van der Waals surface area contributed by atoms with E-state index in [9.17, 15) is 0 Å². The number of nitrogens with one attached hydrogen (secondary N) is 1. The molecule has 13 heavy (non-hydrogen) atoms. The van der Waals surface area contributed by atoms with Crippen molar-refractivity contribution in [2.24, 2.45) is 5.73 Å². The number of rotatable bonds is 3. The topological polar surface area (TPSA) is 49.9 Å². The minimum atomic E-state index is 0. The molecular weight excluding hydrogens is 363 g/mol. The van der Waals surface area contributed by atoms with Gasteiger partial charge in [-0.2, -0.15) is 0 Å². The molecule has 3 N–H and O–H groups in total. The zero-order valence-electron chi connectivity index (χ0n) is 6.79. The van der Waals surface area contributed by atoms with E-state index < -0.39 is 0 Å². The van der Waals surface area contributed by atoms with Gasteiger partial charge in [-0.15, -0.1) is 17.0 Å². The summed E-state index contributed by atoms with van der Waals surface area (Å²) < 4.78 is 1.39. The van der Waals surface area contributed by atoms with Gasteiger partial charge in [0.25, 0.3) is 0 Å². The predicted molar refractivity (Wildman–Crippen MR) is 65.8 cm³/mol. The van der Waals surface area contributed by atoms with Crippen molar-refractivity contribution in [1.29, 1.82) is 5.41 Å². The number of benzene rings is 1. The van der Waals surface area contributed by atoms with Crippen molar-refractivity contribution in [2.45, 2.75) is 5.32 Å². The van der Waals surface area contributed by atoms with Crippen molar-refractivity contribution in [1.82, 2.24) is 0 Å². The van der Waals surface area contributed by atoms with E-state index in [1.165, 1.54) is 5.56 Å². The minimum absolute atomic E-state index is 0. The van der Waals surface area contributed by atoms with Crippen LogP contribution in [0.3, 0.4) is 0 Å². The number of hydrogen-bond donors (Lipinski definition) is 2. The van der Waals surface area contributed by atoms with Gasteiger partial charge in [-0.3, -0.25) is 0 Å². The van der Waals surface area contributed by atoms with Gasteiger partial charge in [0.15, 0.2) is 0 Å². The van der Waals surface area contributed by atoms with E-state index in [1.54, 1.807) is 0 Å². The van der Waals surface area contributed by atoms with Crippen molar-refractivity contribution >= 4 is 52.6 Å². The number of halogens is 2. The van der Waals surface area contributed by atoms with Gasteiger partial charge in [0.2, 0.25) is 0 Å². The van der Waals surface area contributed by atoms with Gasteiger partial charge in [-0.1, -0.05) is 0 Å². The number of nitrogens with two attached hydrogens (primary N) is 1. The molecule has 0 amide bonds. The van der Waals surface area contributed by atoms with Crippen LogP contribution in [0.4, 0.5) is 0 Å². The van der Waals surface area contributed by atoms with E-state index in [-0.39, 0.29) is 31.9 Å². The molecule has 0 saturated carbocycles. The Bertz CT molecular complexity index is 291. The van der Waals surface area contributed by atoms with Crippen LogP contribution >= 0.6 is 32.9 Å². The van der Waals surface area contributed by atoms with Crippen LogP contribution in [-0.4, -0.2) is 19.7 Å². The summed E-state index contributed by atoms with van der Waals surface area (Å²) in [5.74, 6) is 0. The van der Waals surface area contributed by atoms with Gasteiger partial charge in [0.05, 0.1) is 0 Å². The maximum absolute atomic E-state index is 7.09. The molecule has 1 aromatic carbocycles. The molecular formula is C8H10Br2N2Se. The monoisotopic (exact) mass is 372 g/mol. The Morgan fingerprint density at radius 1 is 1.54 bits per heavy atom. The van der Waals surface area contributed by atoms with Crippen LogP contribution in [0.5, 0.6) is 0 Å². The molecule has 5 heteroatoms. The Labute approximate surface area is 103 Å². The first kappa shape index (κ1) is 13.2. The van der Waals surface area contributed by atoms with E-state index in [4.69, 9.17) is 11.1 Å². The van der Waals surface area contributed by atoms with Crippen molar-refractivity contribution < 1.29 is 0 Å². The Hall–Kier alpha value is 0.169. The fraction of sp³-hybridized carbons (Fsp3) is 0.125. The molecule has 0 aliphatic carbocycles. The molecule has 0 aromatic heterocycles. The fourth-order valence-electron chi connectivity index (χ4n) is 0.788. The third-order valence-electron chi connectivity index (χ3n) is 1.28. The molecule has 0 fully saturated rings. The fourth-order valence-corrected chi connectivity index (χ4v) is 2.29. The first-order valence-electron chi connectivity index (χ1n) is 3.40. The summed E-state index contributed by atoms with van der Waals surface area (Å²) in [7, 11) is 0. The second-order valence-corrected chi connectivity index (χ2v) is 5.33. The molecule has 2 nitrogen and oxygen atoms in total. The normalized spacial score (nSPS) is 9.00. The molecule has 1 rings (SSSR count). The molecule has 0 unspecified atom stereocenters.